The quantitative estimate of drug-likeness (QED) is 0.800. The van der Waals surface area contributed by atoms with Gasteiger partial charge in [-0.3, -0.25) is 14.1 Å². The first-order valence-corrected chi connectivity index (χ1v) is 10.2. The lowest BCUT2D eigenvalue weighted by Gasteiger charge is -2.27. The number of carbonyl (C=O) groups is 1. The van der Waals surface area contributed by atoms with Gasteiger partial charge >= 0.3 is 0 Å². The van der Waals surface area contributed by atoms with Crippen molar-refractivity contribution in [1.82, 2.24) is 29.4 Å². The summed E-state index contributed by atoms with van der Waals surface area (Å²) >= 11 is 0. The summed E-state index contributed by atoms with van der Waals surface area (Å²) in [6.45, 7) is 6.70. The lowest BCUT2D eigenvalue weighted by Crippen LogP contribution is -2.44. The minimum atomic E-state index is 0.0779. The van der Waals surface area contributed by atoms with Crippen molar-refractivity contribution < 1.29 is 4.79 Å². The molecular weight excluding hydrogens is 342 g/mol. The van der Waals surface area contributed by atoms with Crippen LogP contribution in [0.4, 0.5) is 5.82 Å². The number of hydrogen-bond acceptors (Lipinski definition) is 6. The largest absolute Gasteiger partial charge is 0.352 e. The van der Waals surface area contributed by atoms with Crippen LogP contribution in [0.1, 0.15) is 38.4 Å². The summed E-state index contributed by atoms with van der Waals surface area (Å²) in [7, 11) is 0. The zero-order valence-corrected chi connectivity index (χ0v) is 15.9. The van der Waals surface area contributed by atoms with E-state index in [0.717, 1.165) is 69.3 Å². The first kappa shape index (κ1) is 16.9. The molecule has 2 aromatic rings. The van der Waals surface area contributed by atoms with Crippen molar-refractivity contribution in [3.05, 3.63) is 18.2 Å². The Kier molecular flexibility index (Phi) is 4.22. The van der Waals surface area contributed by atoms with Crippen molar-refractivity contribution in [2.45, 2.75) is 51.1 Å². The van der Waals surface area contributed by atoms with E-state index in [-0.39, 0.29) is 6.04 Å². The average Bonchev–Trinajstić information content (AvgIpc) is 3.39. The second-order valence-corrected chi connectivity index (χ2v) is 7.86. The van der Waals surface area contributed by atoms with Gasteiger partial charge in [-0.25, -0.2) is 4.98 Å². The number of aromatic nitrogens is 4. The molecule has 27 heavy (non-hydrogen) atoms. The van der Waals surface area contributed by atoms with Gasteiger partial charge in [0.15, 0.2) is 5.82 Å². The highest BCUT2D eigenvalue weighted by Gasteiger charge is 2.42. The van der Waals surface area contributed by atoms with Gasteiger partial charge in [0.1, 0.15) is 5.82 Å². The van der Waals surface area contributed by atoms with Gasteiger partial charge < -0.3 is 9.80 Å². The number of aryl methyl sites for hydroxylation is 1. The third-order valence-electron chi connectivity index (χ3n) is 6.17. The van der Waals surface area contributed by atoms with Gasteiger partial charge in [-0.2, -0.15) is 0 Å². The van der Waals surface area contributed by atoms with Crippen LogP contribution in [0.3, 0.4) is 0 Å². The highest BCUT2D eigenvalue weighted by atomic mass is 16.2. The molecule has 2 aromatic heterocycles. The van der Waals surface area contributed by atoms with Gasteiger partial charge in [-0.05, 0) is 25.7 Å². The van der Waals surface area contributed by atoms with Crippen molar-refractivity contribution in [3.63, 3.8) is 0 Å². The number of amides is 1. The van der Waals surface area contributed by atoms with E-state index in [1.54, 1.807) is 0 Å². The van der Waals surface area contributed by atoms with Crippen molar-refractivity contribution >= 4 is 17.4 Å². The zero-order chi connectivity index (χ0) is 18.4. The number of likely N-dealkylation sites (tertiary alicyclic amines) is 1. The fraction of sp³-hybridized carbons (Fsp3) is 0.684. The van der Waals surface area contributed by atoms with Crippen LogP contribution in [0.25, 0.3) is 5.65 Å². The predicted molar refractivity (Wildman–Crippen MR) is 102 cm³/mol. The summed E-state index contributed by atoms with van der Waals surface area (Å²) in [4.78, 5) is 24.2. The number of nitrogens with zero attached hydrogens (tertiary/aromatic N) is 7. The molecule has 4 heterocycles. The molecule has 0 spiro atoms. The highest BCUT2D eigenvalue weighted by molar-refractivity contribution is 5.84. The maximum atomic E-state index is 12.8. The van der Waals surface area contributed by atoms with Crippen LogP contribution < -0.4 is 4.90 Å². The summed E-state index contributed by atoms with van der Waals surface area (Å²) in [5.74, 6) is 2.22. The van der Waals surface area contributed by atoms with Crippen LogP contribution in [0.15, 0.2) is 12.4 Å². The molecule has 1 atom stereocenters. The van der Waals surface area contributed by atoms with Crippen molar-refractivity contribution in [2.75, 3.05) is 37.6 Å². The molecule has 1 saturated carbocycles. The first-order chi connectivity index (χ1) is 13.3. The Bertz CT molecular complexity index is 846. The molecule has 3 aliphatic rings. The van der Waals surface area contributed by atoms with E-state index in [2.05, 4.69) is 36.8 Å². The number of carbonyl (C=O) groups excluding carboxylic acids is 1. The van der Waals surface area contributed by atoms with Crippen molar-refractivity contribution in [1.29, 1.82) is 0 Å². The van der Waals surface area contributed by atoms with Crippen LogP contribution >= 0.6 is 0 Å². The maximum absolute atomic E-state index is 12.8. The molecule has 8 nitrogen and oxygen atoms in total. The Balaban J connectivity index is 1.32. The normalized spacial score (nSPS) is 24.8. The minimum absolute atomic E-state index is 0.0779. The fourth-order valence-corrected chi connectivity index (χ4v) is 4.56. The third-order valence-corrected chi connectivity index (χ3v) is 6.17. The molecule has 0 bridgehead atoms. The highest BCUT2D eigenvalue weighted by Crippen LogP contribution is 2.32. The zero-order valence-electron chi connectivity index (χ0n) is 15.9. The van der Waals surface area contributed by atoms with E-state index in [1.807, 2.05) is 16.8 Å². The Morgan fingerprint density at radius 3 is 2.78 bits per heavy atom. The van der Waals surface area contributed by atoms with E-state index in [9.17, 15) is 4.79 Å². The van der Waals surface area contributed by atoms with Gasteiger partial charge in [-0.15, -0.1) is 10.2 Å². The Labute approximate surface area is 159 Å². The minimum Gasteiger partial charge on any atom is -0.352 e. The van der Waals surface area contributed by atoms with E-state index in [0.29, 0.717) is 11.9 Å². The second kappa shape index (κ2) is 6.74. The molecule has 1 aliphatic carbocycles. The SMILES string of the molecule is CCc1nnc2c(N3CCCN(C4CCN(C5CC5)C4=O)CC3)nccn12. The lowest BCUT2D eigenvalue weighted by molar-refractivity contribution is -0.132. The summed E-state index contributed by atoms with van der Waals surface area (Å²) < 4.78 is 2.04. The van der Waals surface area contributed by atoms with Crippen LogP contribution in [-0.2, 0) is 11.2 Å². The standard InChI is InChI=1S/C19H27N7O/c1-2-16-21-22-18-17(20-7-11-26(16)18)24-9-3-8-23(12-13-24)15-6-10-25(19(15)27)14-4-5-14/h7,11,14-15H,2-6,8-10,12-13H2,1H3. The van der Waals surface area contributed by atoms with Gasteiger partial charge in [0, 0.05) is 57.6 Å². The van der Waals surface area contributed by atoms with Gasteiger partial charge in [0.05, 0.1) is 6.04 Å². The van der Waals surface area contributed by atoms with Crippen molar-refractivity contribution in [2.24, 2.45) is 0 Å². The van der Waals surface area contributed by atoms with E-state index in [1.165, 1.54) is 12.8 Å². The number of anilines is 1. The topological polar surface area (TPSA) is 69.9 Å². The summed E-state index contributed by atoms with van der Waals surface area (Å²) in [6.07, 6.45) is 9.02. The molecule has 5 rings (SSSR count). The monoisotopic (exact) mass is 369 g/mol. The smallest absolute Gasteiger partial charge is 0.240 e. The molecule has 1 amide bonds. The Morgan fingerprint density at radius 1 is 1.07 bits per heavy atom. The maximum Gasteiger partial charge on any atom is 0.240 e. The first-order valence-electron chi connectivity index (χ1n) is 10.2. The predicted octanol–water partition coefficient (Wildman–Crippen LogP) is 0.962. The Morgan fingerprint density at radius 2 is 1.96 bits per heavy atom. The van der Waals surface area contributed by atoms with Crippen LogP contribution in [0.2, 0.25) is 0 Å². The molecular formula is C19H27N7O. The molecule has 1 unspecified atom stereocenters. The van der Waals surface area contributed by atoms with Gasteiger partial charge in [-0.1, -0.05) is 6.92 Å². The lowest BCUT2D eigenvalue weighted by atomic mass is 10.2. The Hall–Kier alpha value is -2.22. The van der Waals surface area contributed by atoms with Gasteiger partial charge in [0.25, 0.3) is 0 Å². The molecule has 3 fully saturated rings. The molecule has 8 heteroatoms. The summed E-state index contributed by atoms with van der Waals surface area (Å²) in [6, 6.07) is 0.613. The molecule has 0 N–H and O–H groups in total. The summed E-state index contributed by atoms with van der Waals surface area (Å²) in [5, 5.41) is 8.67. The van der Waals surface area contributed by atoms with Gasteiger partial charge in [0.2, 0.25) is 11.6 Å². The van der Waals surface area contributed by atoms with E-state index in [4.69, 9.17) is 0 Å². The number of hydrogen-bond donors (Lipinski definition) is 0. The van der Waals surface area contributed by atoms with E-state index >= 15 is 0 Å². The van der Waals surface area contributed by atoms with Crippen molar-refractivity contribution in [3.8, 4) is 0 Å². The number of rotatable bonds is 4. The average molecular weight is 369 g/mol. The molecule has 2 aliphatic heterocycles. The molecule has 2 saturated heterocycles. The van der Waals surface area contributed by atoms with Crippen LogP contribution in [-0.4, -0.2) is 80.1 Å². The van der Waals surface area contributed by atoms with Crippen LogP contribution in [0, 0.1) is 0 Å². The van der Waals surface area contributed by atoms with E-state index < -0.39 is 0 Å². The third kappa shape index (κ3) is 2.96. The molecule has 0 radical (unpaired) electrons. The van der Waals surface area contributed by atoms with Crippen LogP contribution in [0.5, 0.6) is 0 Å². The fourth-order valence-electron chi connectivity index (χ4n) is 4.56. The second-order valence-electron chi connectivity index (χ2n) is 7.86. The number of fused-ring (bicyclic) bond motifs is 1. The molecule has 0 aromatic carbocycles. The summed E-state index contributed by atoms with van der Waals surface area (Å²) in [5.41, 5.74) is 0.833. The molecule has 144 valence electrons.